The number of fused-ring (bicyclic) bond motifs is 2. The summed E-state index contributed by atoms with van der Waals surface area (Å²) in [6.07, 6.45) is 3.50. The van der Waals surface area contributed by atoms with E-state index in [1.807, 2.05) is 12.1 Å². The highest BCUT2D eigenvalue weighted by Gasteiger charge is 2.22. The van der Waals surface area contributed by atoms with Crippen LogP contribution in [0.25, 0.3) is 10.9 Å². The van der Waals surface area contributed by atoms with E-state index < -0.39 is 0 Å². The van der Waals surface area contributed by atoms with Gasteiger partial charge >= 0.3 is 0 Å². The minimum absolute atomic E-state index is 0.979. The molecule has 14 heavy (non-hydrogen) atoms. The zero-order valence-electron chi connectivity index (χ0n) is 8.01. The summed E-state index contributed by atoms with van der Waals surface area (Å²) in [5, 5.41) is 1.16. The van der Waals surface area contributed by atoms with Crippen molar-refractivity contribution in [1.29, 1.82) is 0 Å². The lowest BCUT2D eigenvalue weighted by Crippen LogP contribution is -2.13. The number of nitrogens with one attached hydrogen (secondary N) is 1. The molecule has 1 aromatic carbocycles. The van der Waals surface area contributed by atoms with Gasteiger partial charge in [0.1, 0.15) is 0 Å². The molecule has 2 nitrogen and oxygen atoms in total. The molecule has 2 aromatic rings. The van der Waals surface area contributed by atoms with Crippen LogP contribution in [0.2, 0.25) is 0 Å². The number of aryl methyl sites for hydroxylation is 1. The predicted octanol–water partition coefficient (Wildman–Crippen LogP) is 1.72. The molecule has 1 aliphatic rings. The normalized spacial score (nSPS) is 14.6. The first-order valence-electron chi connectivity index (χ1n) is 5.07. The van der Waals surface area contributed by atoms with Gasteiger partial charge in [-0.15, -0.1) is 0 Å². The maximum absolute atomic E-state index is 6.15. The van der Waals surface area contributed by atoms with Gasteiger partial charge < -0.3 is 5.73 Å². The maximum Gasteiger partial charge on any atom is 0.213 e. The van der Waals surface area contributed by atoms with Crippen molar-refractivity contribution in [1.82, 2.24) is 0 Å². The highest BCUT2D eigenvalue weighted by Crippen LogP contribution is 2.28. The van der Waals surface area contributed by atoms with E-state index in [9.17, 15) is 0 Å². The largest absolute Gasteiger partial charge is 0.398 e. The molecule has 70 valence electrons. The average Bonchev–Trinajstić information content (AvgIpc) is 2.66. The molecule has 0 saturated heterocycles. The predicted molar refractivity (Wildman–Crippen MR) is 56.9 cm³/mol. The maximum atomic E-state index is 6.15. The van der Waals surface area contributed by atoms with Gasteiger partial charge in [-0.2, -0.15) is 0 Å². The molecule has 0 fully saturated rings. The smallest absolute Gasteiger partial charge is 0.213 e. The van der Waals surface area contributed by atoms with Gasteiger partial charge in [0.2, 0.25) is 5.52 Å². The lowest BCUT2D eigenvalue weighted by atomic mass is 10.1. The summed E-state index contributed by atoms with van der Waals surface area (Å²) in [6.45, 7) is 0. The van der Waals surface area contributed by atoms with Crippen molar-refractivity contribution in [3.05, 3.63) is 35.5 Å². The van der Waals surface area contributed by atoms with Crippen molar-refractivity contribution in [2.45, 2.75) is 19.3 Å². The molecular formula is C12H13N2+. The van der Waals surface area contributed by atoms with E-state index in [0.717, 1.165) is 29.4 Å². The van der Waals surface area contributed by atoms with Gasteiger partial charge in [-0.1, -0.05) is 12.1 Å². The summed E-state index contributed by atoms with van der Waals surface area (Å²) in [5.74, 6) is 0. The standard InChI is InChI=1S/C12H12N2/c13-12-8-4-1-2-6-10(8)14-11-7-3-5-9(11)12/h1-2,4,6H,3,5,7H2,(H2,13,14)/p+1. The highest BCUT2D eigenvalue weighted by atomic mass is 14.7. The van der Waals surface area contributed by atoms with Crippen molar-refractivity contribution < 1.29 is 4.98 Å². The molecule has 1 aromatic heterocycles. The van der Waals surface area contributed by atoms with Crippen molar-refractivity contribution in [3.8, 4) is 0 Å². The third-order valence-electron chi connectivity index (χ3n) is 3.05. The Morgan fingerprint density at radius 3 is 2.93 bits per heavy atom. The zero-order valence-corrected chi connectivity index (χ0v) is 8.01. The fraction of sp³-hybridized carbons (Fsp3) is 0.250. The fourth-order valence-corrected chi connectivity index (χ4v) is 2.33. The van der Waals surface area contributed by atoms with Crippen LogP contribution in [0.3, 0.4) is 0 Å². The molecule has 1 aliphatic carbocycles. The molecule has 0 aliphatic heterocycles. The van der Waals surface area contributed by atoms with Crippen molar-refractivity contribution in [2.75, 3.05) is 5.73 Å². The van der Waals surface area contributed by atoms with Crippen LogP contribution in [0.4, 0.5) is 5.69 Å². The van der Waals surface area contributed by atoms with Crippen molar-refractivity contribution in [2.24, 2.45) is 0 Å². The molecule has 0 unspecified atom stereocenters. The SMILES string of the molecule is Nc1c2c([nH+]c3ccccc13)CCC2. The minimum atomic E-state index is 0.979. The third-order valence-corrected chi connectivity index (χ3v) is 3.05. The zero-order chi connectivity index (χ0) is 9.54. The fourth-order valence-electron chi connectivity index (χ4n) is 2.33. The summed E-state index contributed by atoms with van der Waals surface area (Å²) >= 11 is 0. The Bertz CT molecular complexity index is 503. The van der Waals surface area contributed by atoms with Gasteiger partial charge in [0.15, 0.2) is 5.69 Å². The Morgan fingerprint density at radius 1 is 1.14 bits per heavy atom. The van der Waals surface area contributed by atoms with E-state index in [1.165, 1.54) is 17.7 Å². The van der Waals surface area contributed by atoms with Crippen molar-refractivity contribution >= 4 is 16.6 Å². The average molecular weight is 185 g/mol. The second kappa shape index (κ2) is 2.71. The number of H-pyrrole nitrogens is 1. The molecule has 3 rings (SSSR count). The van der Waals surface area contributed by atoms with E-state index in [0.29, 0.717) is 0 Å². The summed E-state index contributed by atoms with van der Waals surface area (Å²) in [4.78, 5) is 3.47. The number of benzene rings is 1. The van der Waals surface area contributed by atoms with Crippen LogP contribution in [0.15, 0.2) is 24.3 Å². The number of nitrogens with two attached hydrogens (primary N) is 1. The number of aromatic amines is 1. The molecule has 0 atom stereocenters. The quantitative estimate of drug-likeness (QED) is 0.667. The second-order valence-corrected chi connectivity index (χ2v) is 3.89. The summed E-state index contributed by atoms with van der Waals surface area (Å²) in [5.41, 5.74) is 11.0. The minimum Gasteiger partial charge on any atom is -0.398 e. The van der Waals surface area contributed by atoms with Gasteiger partial charge in [-0.3, -0.25) is 0 Å². The van der Waals surface area contributed by atoms with E-state index in [-0.39, 0.29) is 0 Å². The van der Waals surface area contributed by atoms with E-state index in [4.69, 9.17) is 5.73 Å². The first-order valence-corrected chi connectivity index (χ1v) is 5.07. The second-order valence-electron chi connectivity index (χ2n) is 3.89. The first kappa shape index (κ1) is 7.80. The van der Waals surface area contributed by atoms with Gasteiger partial charge in [0.25, 0.3) is 0 Å². The van der Waals surface area contributed by atoms with Crippen LogP contribution in [-0.4, -0.2) is 0 Å². The molecule has 0 radical (unpaired) electrons. The highest BCUT2D eigenvalue weighted by molar-refractivity contribution is 5.89. The summed E-state index contributed by atoms with van der Waals surface area (Å²) in [6, 6.07) is 8.25. The van der Waals surface area contributed by atoms with Crippen LogP contribution < -0.4 is 10.7 Å². The number of nitrogen functional groups attached to an aromatic ring is 1. The van der Waals surface area contributed by atoms with Gasteiger partial charge in [-0.05, 0) is 18.9 Å². The molecule has 2 heteroatoms. The van der Waals surface area contributed by atoms with Crippen molar-refractivity contribution in [3.63, 3.8) is 0 Å². The molecule has 0 saturated carbocycles. The number of pyridine rings is 1. The Labute approximate surface area is 82.8 Å². The monoisotopic (exact) mass is 185 g/mol. The molecule has 1 heterocycles. The van der Waals surface area contributed by atoms with Crippen LogP contribution in [0.5, 0.6) is 0 Å². The summed E-state index contributed by atoms with van der Waals surface area (Å²) in [7, 11) is 0. The molecule has 0 bridgehead atoms. The number of rotatable bonds is 0. The molecule has 0 amide bonds. The lowest BCUT2D eigenvalue weighted by molar-refractivity contribution is -0.356. The molecular weight excluding hydrogens is 172 g/mol. The first-order chi connectivity index (χ1) is 6.86. The Hall–Kier alpha value is -1.57. The Kier molecular flexibility index (Phi) is 1.51. The Morgan fingerprint density at radius 2 is 2.00 bits per heavy atom. The van der Waals surface area contributed by atoms with Gasteiger partial charge in [0, 0.05) is 18.1 Å². The van der Waals surface area contributed by atoms with E-state index >= 15 is 0 Å². The number of aromatic nitrogens is 1. The Balaban J connectivity index is 2.44. The third kappa shape index (κ3) is 0.939. The number of hydrogen-bond donors (Lipinski definition) is 1. The summed E-state index contributed by atoms with van der Waals surface area (Å²) < 4.78 is 0. The van der Waals surface area contributed by atoms with Crippen LogP contribution in [0, 0.1) is 0 Å². The number of para-hydroxylation sites is 1. The van der Waals surface area contributed by atoms with Gasteiger partial charge in [-0.25, -0.2) is 4.98 Å². The number of anilines is 1. The van der Waals surface area contributed by atoms with Crippen LogP contribution in [0.1, 0.15) is 17.7 Å². The van der Waals surface area contributed by atoms with Gasteiger partial charge in [0.05, 0.1) is 11.1 Å². The number of hydrogen-bond acceptors (Lipinski definition) is 1. The lowest BCUT2D eigenvalue weighted by Gasteiger charge is -2.02. The van der Waals surface area contributed by atoms with E-state index in [1.54, 1.807) is 0 Å². The molecule has 3 N–H and O–H groups in total. The molecule has 0 spiro atoms. The van der Waals surface area contributed by atoms with Crippen LogP contribution in [-0.2, 0) is 12.8 Å². The topological polar surface area (TPSA) is 40.2 Å². The van der Waals surface area contributed by atoms with Crippen LogP contribution >= 0.6 is 0 Å². The van der Waals surface area contributed by atoms with E-state index in [2.05, 4.69) is 17.1 Å².